The molecule has 7 heteroatoms. The lowest BCUT2D eigenvalue weighted by atomic mass is 10.3. The maximum atomic E-state index is 12.4. The van der Waals surface area contributed by atoms with Crippen LogP contribution in [0.5, 0.6) is 0 Å². The highest BCUT2D eigenvalue weighted by Gasteiger charge is 2.25. The van der Waals surface area contributed by atoms with Gasteiger partial charge in [-0.2, -0.15) is 0 Å². The molecule has 1 fully saturated rings. The Morgan fingerprint density at radius 3 is 3.10 bits per heavy atom. The molecule has 2 aromatic rings. The van der Waals surface area contributed by atoms with Gasteiger partial charge in [-0.05, 0) is 18.9 Å². The van der Waals surface area contributed by atoms with E-state index in [1.807, 2.05) is 6.07 Å². The Kier molecular flexibility index (Phi) is 3.35. The summed E-state index contributed by atoms with van der Waals surface area (Å²) in [5.41, 5.74) is 6.79. The van der Waals surface area contributed by atoms with Gasteiger partial charge in [-0.25, -0.2) is 4.98 Å². The van der Waals surface area contributed by atoms with E-state index < -0.39 is 0 Å². The van der Waals surface area contributed by atoms with Crippen LogP contribution in [0.15, 0.2) is 23.0 Å². The molecule has 0 saturated heterocycles. The molecule has 2 aromatic heterocycles. The second kappa shape index (κ2) is 5.16. The van der Waals surface area contributed by atoms with Gasteiger partial charge in [-0.15, -0.1) is 0 Å². The first-order valence-electron chi connectivity index (χ1n) is 6.43. The van der Waals surface area contributed by atoms with E-state index in [0.717, 1.165) is 23.5 Å². The Hall–Kier alpha value is -2.02. The van der Waals surface area contributed by atoms with Crippen molar-refractivity contribution in [1.82, 2.24) is 9.88 Å². The van der Waals surface area contributed by atoms with Crippen molar-refractivity contribution in [3.05, 3.63) is 29.0 Å². The van der Waals surface area contributed by atoms with Crippen LogP contribution in [0.4, 0.5) is 10.9 Å². The molecule has 0 atom stereocenters. The Balaban J connectivity index is 1.70. The van der Waals surface area contributed by atoms with Gasteiger partial charge in [-0.3, -0.25) is 4.79 Å². The van der Waals surface area contributed by atoms with E-state index in [0.29, 0.717) is 23.3 Å². The minimum atomic E-state index is -0.120. The summed E-state index contributed by atoms with van der Waals surface area (Å²) in [7, 11) is 1.74. The molecule has 6 nitrogen and oxygen atoms in total. The van der Waals surface area contributed by atoms with Crippen molar-refractivity contribution in [3.63, 3.8) is 0 Å². The summed E-state index contributed by atoms with van der Waals surface area (Å²) in [4.78, 5) is 18.7. The number of carbonyl (C=O) groups excluding carboxylic acids is 1. The quantitative estimate of drug-likeness (QED) is 0.882. The zero-order valence-electron chi connectivity index (χ0n) is 11.1. The third kappa shape index (κ3) is 2.77. The van der Waals surface area contributed by atoms with Crippen molar-refractivity contribution in [1.29, 1.82) is 0 Å². The average molecular weight is 292 g/mol. The van der Waals surface area contributed by atoms with Gasteiger partial charge in [0.05, 0.1) is 12.5 Å². The monoisotopic (exact) mass is 292 g/mol. The SMILES string of the molecule is CN(Cc1ccoc1)C(=O)c1sc(NC2CC2)nc1N. The van der Waals surface area contributed by atoms with Crippen LogP contribution in [0.1, 0.15) is 28.1 Å². The van der Waals surface area contributed by atoms with Crippen molar-refractivity contribution in [2.45, 2.75) is 25.4 Å². The van der Waals surface area contributed by atoms with Crippen LogP contribution in [0, 0.1) is 0 Å². The molecule has 1 aliphatic rings. The highest BCUT2D eigenvalue weighted by Crippen LogP contribution is 2.31. The number of rotatable bonds is 5. The number of nitrogen functional groups attached to an aromatic ring is 1. The Labute approximate surface area is 120 Å². The first-order chi connectivity index (χ1) is 9.63. The van der Waals surface area contributed by atoms with E-state index in [2.05, 4.69) is 10.3 Å². The van der Waals surface area contributed by atoms with E-state index in [-0.39, 0.29) is 5.91 Å². The number of aromatic nitrogens is 1. The maximum Gasteiger partial charge on any atom is 0.267 e. The van der Waals surface area contributed by atoms with E-state index in [1.165, 1.54) is 11.3 Å². The number of hydrogen-bond acceptors (Lipinski definition) is 6. The van der Waals surface area contributed by atoms with Crippen molar-refractivity contribution < 1.29 is 9.21 Å². The normalized spacial score (nSPS) is 14.2. The van der Waals surface area contributed by atoms with E-state index in [1.54, 1.807) is 24.5 Å². The molecule has 106 valence electrons. The van der Waals surface area contributed by atoms with Crippen molar-refractivity contribution in [3.8, 4) is 0 Å². The van der Waals surface area contributed by atoms with Crippen LogP contribution in [-0.4, -0.2) is 28.9 Å². The molecule has 0 bridgehead atoms. The van der Waals surface area contributed by atoms with Gasteiger partial charge in [0.1, 0.15) is 10.7 Å². The summed E-state index contributed by atoms with van der Waals surface area (Å²) >= 11 is 1.32. The molecule has 3 rings (SSSR count). The van der Waals surface area contributed by atoms with Gasteiger partial charge in [0.2, 0.25) is 0 Å². The average Bonchev–Trinajstić information content (AvgIpc) is 2.93. The molecule has 0 radical (unpaired) electrons. The lowest BCUT2D eigenvalue weighted by Gasteiger charge is -2.14. The number of thiazole rings is 1. The van der Waals surface area contributed by atoms with Crippen LogP contribution in [-0.2, 0) is 6.54 Å². The second-order valence-electron chi connectivity index (χ2n) is 4.94. The number of nitrogens with one attached hydrogen (secondary N) is 1. The fourth-order valence-corrected chi connectivity index (χ4v) is 2.81. The standard InChI is InChI=1S/C13H16N4O2S/c1-17(6-8-4-5-19-7-8)12(18)10-11(14)16-13(20-10)15-9-2-3-9/h4-5,7,9H,2-3,6,14H2,1H3,(H,15,16). The molecule has 0 aliphatic heterocycles. The van der Waals surface area contributed by atoms with Crippen LogP contribution in [0.25, 0.3) is 0 Å². The zero-order chi connectivity index (χ0) is 14.1. The lowest BCUT2D eigenvalue weighted by molar-refractivity contribution is 0.0790. The Bertz CT molecular complexity index is 604. The lowest BCUT2D eigenvalue weighted by Crippen LogP contribution is -2.25. The number of nitrogens with zero attached hydrogens (tertiary/aromatic N) is 2. The minimum Gasteiger partial charge on any atom is -0.472 e. The van der Waals surface area contributed by atoms with E-state index in [9.17, 15) is 4.79 Å². The number of nitrogens with two attached hydrogens (primary N) is 1. The highest BCUT2D eigenvalue weighted by atomic mass is 32.1. The van der Waals surface area contributed by atoms with Crippen LogP contribution < -0.4 is 11.1 Å². The van der Waals surface area contributed by atoms with E-state index in [4.69, 9.17) is 10.2 Å². The summed E-state index contributed by atoms with van der Waals surface area (Å²) in [6.45, 7) is 0.484. The summed E-state index contributed by atoms with van der Waals surface area (Å²) in [5.74, 6) is 0.173. The fourth-order valence-electron chi connectivity index (χ4n) is 1.85. The number of amides is 1. The Morgan fingerprint density at radius 2 is 2.45 bits per heavy atom. The van der Waals surface area contributed by atoms with Gasteiger partial charge in [0.25, 0.3) is 5.91 Å². The van der Waals surface area contributed by atoms with Crippen LogP contribution in [0.3, 0.4) is 0 Å². The van der Waals surface area contributed by atoms with Gasteiger partial charge in [0.15, 0.2) is 5.13 Å². The zero-order valence-corrected chi connectivity index (χ0v) is 11.9. The molecule has 3 N–H and O–H groups in total. The Morgan fingerprint density at radius 1 is 1.65 bits per heavy atom. The number of furan rings is 1. The molecule has 1 saturated carbocycles. The summed E-state index contributed by atoms with van der Waals surface area (Å²) in [6.07, 6.45) is 5.53. The topological polar surface area (TPSA) is 84.4 Å². The predicted octanol–water partition coefficient (Wildman–Crippen LogP) is 2.16. The maximum absolute atomic E-state index is 12.4. The van der Waals surface area contributed by atoms with Gasteiger partial charge in [0, 0.05) is 25.2 Å². The van der Waals surface area contributed by atoms with Gasteiger partial charge < -0.3 is 20.4 Å². The molecule has 1 amide bonds. The fraction of sp³-hybridized carbons (Fsp3) is 0.385. The number of carbonyl (C=O) groups is 1. The highest BCUT2D eigenvalue weighted by molar-refractivity contribution is 7.18. The predicted molar refractivity (Wildman–Crippen MR) is 77.7 cm³/mol. The summed E-state index contributed by atoms with van der Waals surface area (Å²) in [5, 5.41) is 3.99. The first-order valence-corrected chi connectivity index (χ1v) is 7.24. The van der Waals surface area contributed by atoms with Crippen molar-refractivity contribution >= 4 is 28.2 Å². The molecular formula is C13H16N4O2S. The van der Waals surface area contributed by atoms with Gasteiger partial charge >= 0.3 is 0 Å². The molecule has 20 heavy (non-hydrogen) atoms. The second-order valence-corrected chi connectivity index (χ2v) is 5.94. The smallest absolute Gasteiger partial charge is 0.267 e. The molecule has 1 aliphatic carbocycles. The summed E-state index contributed by atoms with van der Waals surface area (Å²) < 4.78 is 5.00. The largest absolute Gasteiger partial charge is 0.472 e. The third-order valence-electron chi connectivity index (χ3n) is 3.10. The first kappa shape index (κ1) is 13.0. The number of anilines is 2. The summed E-state index contributed by atoms with van der Waals surface area (Å²) in [6, 6.07) is 2.33. The number of hydrogen-bond donors (Lipinski definition) is 2. The molecule has 0 spiro atoms. The van der Waals surface area contributed by atoms with Crippen LogP contribution in [0.2, 0.25) is 0 Å². The van der Waals surface area contributed by atoms with Gasteiger partial charge in [-0.1, -0.05) is 11.3 Å². The van der Waals surface area contributed by atoms with Crippen LogP contribution >= 0.6 is 11.3 Å². The molecular weight excluding hydrogens is 276 g/mol. The molecule has 0 aromatic carbocycles. The molecule has 0 unspecified atom stereocenters. The van der Waals surface area contributed by atoms with Crippen molar-refractivity contribution in [2.24, 2.45) is 0 Å². The van der Waals surface area contributed by atoms with Crippen molar-refractivity contribution in [2.75, 3.05) is 18.1 Å². The molecule has 2 heterocycles. The minimum absolute atomic E-state index is 0.120. The third-order valence-corrected chi connectivity index (χ3v) is 4.09. The van der Waals surface area contributed by atoms with E-state index >= 15 is 0 Å².